The first-order valence-corrected chi connectivity index (χ1v) is 6.12. The van der Waals surface area contributed by atoms with Gasteiger partial charge in [-0.1, -0.05) is 18.2 Å². The third kappa shape index (κ3) is 2.03. The smallest absolute Gasteiger partial charge is 0.347 e. The Morgan fingerprint density at radius 1 is 1.00 bits per heavy atom. The van der Waals surface area contributed by atoms with Crippen molar-refractivity contribution in [1.29, 1.82) is 0 Å². The average Bonchev–Trinajstić information content (AvgIpc) is 2.42. The maximum Gasteiger partial charge on any atom is 0.347 e. The Kier molecular flexibility index (Phi) is 2.67. The van der Waals surface area contributed by atoms with Crippen LogP contribution in [0.3, 0.4) is 0 Å². The van der Waals surface area contributed by atoms with Crippen LogP contribution in [-0.2, 0) is 0 Å². The Bertz CT molecular complexity index is 804. The van der Waals surface area contributed by atoms with Gasteiger partial charge < -0.3 is 4.42 Å². The van der Waals surface area contributed by atoms with E-state index in [4.69, 9.17) is 4.42 Å². The molecule has 0 amide bonds. The number of hydrogen-bond donors (Lipinski definition) is 0. The quantitative estimate of drug-likeness (QED) is 0.665. The van der Waals surface area contributed by atoms with Gasteiger partial charge in [0.25, 0.3) is 0 Å². The molecular formula is C16H13NO2. The fraction of sp³-hybridized carbons (Fsp3) is 0.125. The van der Waals surface area contributed by atoms with Crippen LogP contribution in [0.1, 0.15) is 11.1 Å². The van der Waals surface area contributed by atoms with Crippen LogP contribution < -0.4 is 5.63 Å². The van der Waals surface area contributed by atoms with Gasteiger partial charge in [0.05, 0.1) is 10.9 Å². The lowest BCUT2D eigenvalue weighted by Gasteiger charge is -2.04. The van der Waals surface area contributed by atoms with E-state index in [2.05, 4.69) is 4.98 Å². The molecule has 3 heteroatoms. The van der Waals surface area contributed by atoms with Crippen LogP contribution in [0.2, 0.25) is 0 Å². The van der Waals surface area contributed by atoms with Crippen molar-refractivity contribution in [2.24, 2.45) is 0 Å². The lowest BCUT2D eigenvalue weighted by molar-refractivity contribution is 0.518. The molecule has 94 valence electrons. The maximum absolute atomic E-state index is 12.0. The second kappa shape index (κ2) is 4.35. The molecule has 0 bridgehead atoms. The van der Waals surface area contributed by atoms with Crippen LogP contribution in [0.15, 0.2) is 51.7 Å². The van der Waals surface area contributed by atoms with Crippen LogP contribution >= 0.6 is 0 Å². The molecule has 19 heavy (non-hydrogen) atoms. The largest absolute Gasteiger partial charge is 0.403 e. The van der Waals surface area contributed by atoms with E-state index in [0.717, 1.165) is 16.7 Å². The van der Waals surface area contributed by atoms with Crippen molar-refractivity contribution in [3.63, 3.8) is 0 Å². The van der Waals surface area contributed by atoms with E-state index in [-0.39, 0.29) is 5.63 Å². The molecule has 0 saturated heterocycles. The number of hydrogen-bond acceptors (Lipinski definition) is 3. The van der Waals surface area contributed by atoms with E-state index in [9.17, 15) is 4.79 Å². The number of aryl methyl sites for hydroxylation is 2. The van der Waals surface area contributed by atoms with Gasteiger partial charge in [-0.3, -0.25) is 0 Å². The number of nitrogens with zero attached hydrogens (tertiary/aromatic N) is 1. The summed E-state index contributed by atoms with van der Waals surface area (Å²) in [6.45, 7) is 3.98. The van der Waals surface area contributed by atoms with Crippen molar-refractivity contribution < 1.29 is 4.42 Å². The van der Waals surface area contributed by atoms with E-state index in [1.54, 1.807) is 0 Å². The lowest BCUT2D eigenvalue weighted by Crippen LogP contribution is -2.03. The third-order valence-corrected chi connectivity index (χ3v) is 3.26. The predicted octanol–water partition coefficient (Wildman–Crippen LogP) is 3.47. The van der Waals surface area contributed by atoms with E-state index in [0.29, 0.717) is 16.8 Å². The van der Waals surface area contributed by atoms with Crippen LogP contribution in [-0.4, -0.2) is 4.98 Å². The first kappa shape index (κ1) is 11.7. The summed E-state index contributed by atoms with van der Waals surface area (Å²) < 4.78 is 5.30. The molecule has 0 radical (unpaired) electrons. The summed E-state index contributed by atoms with van der Waals surface area (Å²) in [4.78, 5) is 16.5. The lowest BCUT2D eigenvalue weighted by atomic mass is 10.1. The number of benzene rings is 2. The highest BCUT2D eigenvalue weighted by molar-refractivity contribution is 5.80. The summed E-state index contributed by atoms with van der Waals surface area (Å²) in [7, 11) is 0. The third-order valence-electron chi connectivity index (χ3n) is 3.26. The Labute approximate surface area is 110 Å². The van der Waals surface area contributed by atoms with Gasteiger partial charge in [-0.15, -0.1) is 0 Å². The Morgan fingerprint density at radius 3 is 2.42 bits per heavy atom. The monoisotopic (exact) mass is 251 g/mol. The molecule has 0 aliphatic rings. The summed E-state index contributed by atoms with van der Waals surface area (Å²) >= 11 is 0. The van der Waals surface area contributed by atoms with Crippen molar-refractivity contribution >= 4 is 10.9 Å². The van der Waals surface area contributed by atoms with Gasteiger partial charge in [0.1, 0.15) is 0 Å². The van der Waals surface area contributed by atoms with E-state index < -0.39 is 0 Å². The molecule has 0 aliphatic heterocycles. The molecule has 1 heterocycles. The van der Waals surface area contributed by atoms with Gasteiger partial charge in [0.15, 0.2) is 0 Å². The number of fused-ring (bicyclic) bond motifs is 1. The zero-order chi connectivity index (χ0) is 13.4. The minimum Gasteiger partial charge on any atom is -0.403 e. The van der Waals surface area contributed by atoms with Crippen molar-refractivity contribution in [3.05, 3.63) is 64.0 Å². The molecule has 3 rings (SSSR count). The molecule has 2 aromatic carbocycles. The summed E-state index contributed by atoms with van der Waals surface area (Å²) in [5.41, 5.74) is 3.32. The predicted molar refractivity (Wildman–Crippen MR) is 75.2 cm³/mol. The molecule has 0 atom stereocenters. The SMILES string of the molecule is Cc1cc2nc(-c3ccccc3)oc(=O)c2cc1C. The minimum absolute atomic E-state index is 0.341. The highest BCUT2D eigenvalue weighted by Crippen LogP contribution is 2.20. The first-order valence-electron chi connectivity index (χ1n) is 6.12. The molecule has 0 N–H and O–H groups in total. The number of rotatable bonds is 1. The molecule has 0 unspecified atom stereocenters. The highest BCUT2D eigenvalue weighted by atomic mass is 16.4. The van der Waals surface area contributed by atoms with Gasteiger partial charge in [-0.2, -0.15) is 0 Å². The number of aromatic nitrogens is 1. The molecule has 0 spiro atoms. The first-order chi connectivity index (χ1) is 9.15. The summed E-state index contributed by atoms with van der Waals surface area (Å²) in [6.07, 6.45) is 0. The molecule has 0 aliphatic carbocycles. The van der Waals surface area contributed by atoms with Gasteiger partial charge in [-0.25, -0.2) is 9.78 Å². The second-order valence-corrected chi connectivity index (χ2v) is 4.63. The standard InChI is InChI=1S/C16H13NO2/c1-10-8-13-14(9-11(10)2)17-15(19-16(13)18)12-6-4-3-5-7-12/h3-9H,1-2H3. The molecule has 0 fully saturated rings. The van der Waals surface area contributed by atoms with E-state index in [1.165, 1.54) is 0 Å². The summed E-state index contributed by atoms with van der Waals surface area (Å²) in [5, 5.41) is 0.530. The fourth-order valence-corrected chi connectivity index (χ4v) is 2.04. The zero-order valence-corrected chi connectivity index (χ0v) is 10.8. The normalized spacial score (nSPS) is 10.8. The molecular weight excluding hydrogens is 238 g/mol. The Hall–Kier alpha value is -2.42. The van der Waals surface area contributed by atoms with Crippen molar-refractivity contribution in [2.45, 2.75) is 13.8 Å². The topological polar surface area (TPSA) is 43.1 Å². The highest BCUT2D eigenvalue weighted by Gasteiger charge is 2.09. The van der Waals surface area contributed by atoms with Crippen molar-refractivity contribution in [3.8, 4) is 11.5 Å². The van der Waals surface area contributed by atoms with Gasteiger partial charge in [-0.05, 0) is 49.2 Å². The minimum atomic E-state index is -0.341. The molecule has 3 nitrogen and oxygen atoms in total. The van der Waals surface area contributed by atoms with Gasteiger partial charge >= 0.3 is 5.63 Å². The van der Waals surface area contributed by atoms with E-state index >= 15 is 0 Å². The van der Waals surface area contributed by atoms with E-state index in [1.807, 2.05) is 56.3 Å². The van der Waals surface area contributed by atoms with Crippen LogP contribution in [0.4, 0.5) is 0 Å². The molecule has 0 saturated carbocycles. The summed E-state index contributed by atoms with van der Waals surface area (Å²) in [5.74, 6) is 0.362. The van der Waals surface area contributed by atoms with Gasteiger partial charge in [0, 0.05) is 5.56 Å². The molecule has 3 aromatic rings. The summed E-state index contributed by atoms with van der Waals surface area (Å²) in [6, 6.07) is 13.2. The Morgan fingerprint density at radius 2 is 1.68 bits per heavy atom. The molecule has 1 aromatic heterocycles. The maximum atomic E-state index is 12.0. The zero-order valence-electron chi connectivity index (χ0n) is 10.8. The fourth-order valence-electron chi connectivity index (χ4n) is 2.04. The van der Waals surface area contributed by atoms with Crippen molar-refractivity contribution in [1.82, 2.24) is 4.98 Å². The van der Waals surface area contributed by atoms with Crippen LogP contribution in [0.25, 0.3) is 22.4 Å². The van der Waals surface area contributed by atoms with Crippen molar-refractivity contribution in [2.75, 3.05) is 0 Å². The van der Waals surface area contributed by atoms with Crippen LogP contribution in [0, 0.1) is 13.8 Å². The Balaban J connectivity index is 2.31. The van der Waals surface area contributed by atoms with Gasteiger partial charge in [0.2, 0.25) is 5.89 Å². The second-order valence-electron chi connectivity index (χ2n) is 4.63. The average molecular weight is 251 g/mol. The van der Waals surface area contributed by atoms with Crippen LogP contribution in [0.5, 0.6) is 0 Å².